The van der Waals surface area contributed by atoms with Crippen LogP contribution in [0.5, 0.6) is 0 Å². The summed E-state index contributed by atoms with van der Waals surface area (Å²) in [5, 5.41) is 0. The molecule has 0 bridgehead atoms. The molecule has 0 spiro atoms. The molecular weight excluding hydrogens is 1000 g/mol. The molecular formula is C73H140O8. The Morgan fingerprint density at radius 2 is 0.395 bits per heavy atom. The average Bonchev–Trinajstić information content (AvgIpc) is 3.48. The molecule has 0 heterocycles. The van der Waals surface area contributed by atoms with E-state index in [9.17, 15) is 19.2 Å². The van der Waals surface area contributed by atoms with Crippen molar-refractivity contribution >= 4 is 23.9 Å². The predicted molar refractivity (Wildman–Crippen MR) is 346 cm³/mol. The van der Waals surface area contributed by atoms with Gasteiger partial charge in [-0.3, -0.25) is 19.2 Å². The summed E-state index contributed by atoms with van der Waals surface area (Å²) in [4.78, 5) is 52.9. The molecule has 0 aliphatic carbocycles. The number of ether oxygens (including phenoxy) is 4. The summed E-state index contributed by atoms with van der Waals surface area (Å²) in [6.45, 7) is 13.1. The number of unbranched alkanes of at least 4 members (excludes halogenated alkanes) is 48. The molecule has 0 aliphatic rings. The van der Waals surface area contributed by atoms with E-state index < -0.39 is 11.4 Å². The van der Waals surface area contributed by atoms with Gasteiger partial charge in [0.15, 0.2) is 0 Å². The molecule has 0 fully saturated rings. The Kier molecular flexibility index (Phi) is 59.4. The van der Waals surface area contributed by atoms with E-state index in [-0.39, 0.29) is 62.1 Å². The fraction of sp³-hybridized carbons (Fsp3) is 0.945. The Labute approximate surface area is 504 Å². The van der Waals surface area contributed by atoms with E-state index in [4.69, 9.17) is 18.9 Å². The highest BCUT2D eigenvalue weighted by Crippen LogP contribution is 2.26. The van der Waals surface area contributed by atoms with Gasteiger partial charge in [-0.2, -0.15) is 0 Å². The number of carbonyl (C=O) groups is 4. The highest BCUT2D eigenvalue weighted by molar-refractivity contribution is 5.73. The molecule has 3 unspecified atom stereocenters. The Bertz CT molecular complexity index is 1220. The van der Waals surface area contributed by atoms with Gasteiger partial charge < -0.3 is 18.9 Å². The van der Waals surface area contributed by atoms with E-state index in [2.05, 4.69) is 20.8 Å². The van der Waals surface area contributed by atoms with Gasteiger partial charge >= 0.3 is 23.9 Å². The lowest BCUT2D eigenvalue weighted by Gasteiger charge is -2.32. The van der Waals surface area contributed by atoms with Gasteiger partial charge in [-0.15, -0.1) is 0 Å². The van der Waals surface area contributed by atoms with E-state index in [1.807, 2.05) is 20.8 Å². The number of hydrogen-bond acceptors (Lipinski definition) is 8. The minimum atomic E-state index is -1.23. The largest absolute Gasteiger partial charge is 0.465 e. The van der Waals surface area contributed by atoms with Crippen LogP contribution >= 0.6 is 0 Å². The Morgan fingerprint density at radius 3 is 0.556 bits per heavy atom. The van der Waals surface area contributed by atoms with Gasteiger partial charge in [0.1, 0.15) is 31.8 Å². The first-order valence-electron chi connectivity index (χ1n) is 36.1. The number of carbonyl (C=O) groups excluding carboxylic acids is 4. The molecule has 0 saturated heterocycles. The van der Waals surface area contributed by atoms with Gasteiger partial charge in [-0.25, -0.2) is 0 Å². The first-order valence-corrected chi connectivity index (χ1v) is 36.1. The lowest BCUT2D eigenvalue weighted by atomic mass is 9.91. The van der Waals surface area contributed by atoms with Gasteiger partial charge in [-0.05, 0) is 19.3 Å². The van der Waals surface area contributed by atoms with Crippen LogP contribution in [-0.4, -0.2) is 50.3 Å². The topological polar surface area (TPSA) is 105 Å². The fourth-order valence-electron chi connectivity index (χ4n) is 11.5. The molecule has 8 heteroatoms. The third kappa shape index (κ3) is 54.3. The van der Waals surface area contributed by atoms with E-state index in [1.165, 1.54) is 296 Å². The summed E-state index contributed by atoms with van der Waals surface area (Å²) >= 11 is 0. The standard InChI is InChI=1S/C73H140O8/c1-8-11-14-17-20-23-26-29-32-35-38-41-44-47-50-53-56-59-66(4)70(75)79-63-73(62-78-69(7)74,64-80-71(76)67(5)60-57-54-51-48-45-42-39-36-33-30-27-24-21-18-15-12-9-2)65-81-72(77)68(6)61-58-55-52-49-46-43-40-37-34-31-28-25-22-19-16-13-10-3/h66-68H,8-65H2,1-7H3. The van der Waals surface area contributed by atoms with Gasteiger partial charge in [-0.1, -0.05) is 369 Å². The van der Waals surface area contributed by atoms with Crippen molar-refractivity contribution in [1.82, 2.24) is 0 Å². The summed E-state index contributed by atoms with van der Waals surface area (Å²) < 4.78 is 23.5. The molecule has 0 rings (SSSR count). The van der Waals surface area contributed by atoms with Crippen LogP contribution in [0.1, 0.15) is 395 Å². The van der Waals surface area contributed by atoms with Crippen LogP contribution in [0.3, 0.4) is 0 Å². The number of rotatable bonds is 65. The Morgan fingerprint density at radius 1 is 0.247 bits per heavy atom. The first-order chi connectivity index (χ1) is 39.5. The molecule has 3 atom stereocenters. The van der Waals surface area contributed by atoms with Crippen molar-refractivity contribution in [3.63, 3.8) is 0 Å². The molecule has 480 valence electrons. The second-order valence-corrected chi connectivity index (χ2v) is 26.1. The SMILES string of the molecule is CCCCCCCCCCCCCCCCCCCC(C)C(=O)OCC(COC(C)=O)(COC(=O)C(C)CCCCCCCCCCCCCCCCCCC)COC(=O)C(C)CCCCCCCCCCCCCCCCCCC. The van der Waals surface area contributed by atoms with Crippen LogP contribution in [0.25, 0.3) is 0 Å². The summed E-state index contributed by atoms with van der Waals surface area (Å²) in [6, 6.07) is 0. The van der Waals surface area contributed by atoms with Crippen molar-refractivity contribution in [2.75, 3.05) is 26.4 Å². The molecule has 0 aromatic heterocycles. The molecule has 0 saturated carbocycles. The second-order valence-electron chi connectivity index (χ2n) is 26.1. The van der Waals surface area contributed by atoms with E-state index in [1.54, 1.807) is 0 Å². The third-order valence-corrected chi connectivity index (χ3v) is 17.6. The zero-order valence-electron chi connectivity index (χ0n) is 55.5. The van der Waals surface area contributed by atoms with E-state index in [0.29, 0.717) is 0 Å². The highest BCUT2D eigenvalue weighted by Gasteiger charge is 2.39. The quantitative estimate of drug-likeness (QED) is 0.0337. The first kappa shape index (κ1) is 78.9. The molecule has 0 amide bonds. The van der Waals surface area contributed by atoms with Gasteiger partial charge in [0.05, 0.1) is 17.8 Å². The summed E-state index contributed by atoms with van der Waals surface area (Å²) in [6.07, 6.45) is 69.0. The van der Waals surface area contributed by atoms with E-state index in [0.717, 1.165) is 57.8 Å². The monoisotopic (exact) mass is 1150 g/mol. The molecule has 0 aromatic carbocycles. The third-order valence-electron chi connectivity index (χ3n) is 17.6. The van der Waals surface area contributed by atoms with Crippen LogP contribution in [0, 0.1) is 23.2 Å². The summed E-state index contributed by atoms with van der Waals surface area (Å²) in [5.74, 6) is -2.46. The van der Waals surface area contributed by atoms with Crippen LogP contribution in [0.15, 0.2) is 0 Å². The minimum absolute atomic E-state index is 0.190. The van der Waals surface area contributed by atoms with Crippen LogP contribution in [0.2, 0.25) is 0 Å². The normalized spacial score (nSPS) is 13.4. The average molecular weight is 1150 g/mol. The van der Waals surface area contributed by atoms with Crippen molar-refractivity contribution in [1.29, 1.82) is 0 Å². The molecule has 8 nitrogen and oxygen atoms in total. The maximum Gasteiger partial charge on any atom is 0.308 e. The Balaban J connectivity index is 5.04. The molecule has 0 aromatic rings. The minimum Gasteiger partial charge on any atom is -0.465 e. The summed E-state index contributed by atoms with van der Waals surface area (Å²) in [7, 11) is 0. The van der Waals surface area contributed by atoms with Crippen molar-refractivity contribution < 1.29 is 38.1 Å². The van der Waals surface area contributed by atoms with Crippen molar-refractivity contribution in [3.8, 4) is 0 Å². The molecule has 0 N–H and O–H groups in total. The van der Waals surface area contributed by atoms with Gasteiger partial charge in [0.2, 0.25) is 0 Å². The van der Waals surface area contributed by atoms with E-state index >= 15 is 0 Å². The fourth-order valence-corrected chi connectivity index (χ4v) is 11.5. The molecule has 81 heavy (non-hydrogen) atoms. The van der Waals surface area contributed by atoms with Gasteiger partial charge in [0, 0.05) is 6.92 Å². The van der Waals surface area contributed by atoms with Crippen molar-refractivity contribution in [2.24, 2.45) is 23.2 Å². The van der Waals surface area contributed by atoms with Crippen molar-refractivity contribution in [2.45, 2.75) is 395 Å². The zero-order chi connectivity index (χ0) is 59.4. The lowest BCUT2D eigenvalue weighted by Crippen LogP contribution is -2.44. The Hall–Kier alpha value is -2.12. The van der Waals surface area contributed by atoms with Gasteiger partial charge in [0.25, 0.3) is 0 Å². The maximum absolute atomic E-state index is 13.5. The molecule has 0 radical (unpaired) electrons. The zero-order valence-corrected chi connectivity index (χ0v) is 55.5. The molecule has 0 aliphatic heterocycles. The predicted octanol–water partition coefficient (Wildman–Crippen LogP) is 23.2. The van der Waals surface area contributed by atoms with Crippen LogP contribution in [-0.2, 0) is 38.1 Å². The number of esters is 4. The number of hydrogen-bond donors (Lipinski definition) is 0. The van der Waals surface area contributed by atoms with Crippen molar-refractivity contribution in [3.05, 3.63) is 0 Å². The maximum atomic E-state index is 13.5. The van der Waals surface area contributed by atoms with Crippen LogP contribution < -0.4 is 0 Å². The highest BCUT2D eigenvalue weighted by atomic mass is 16.6. The second kappa shape index (κ2) is 61.0. The van der Waals surface area contributed by atoms with Crippen LogP contribution in [0.4, 0.5) is 0 Å². The smallest absolute Gasteiger partial charge is 0.308 e. The summed E-state index contributed by atoms with van der Waals surface area (Å²) in [5.41, 5.74) is -1.23. The lowest BCUT2D eigenvalue weighted by molar-refractivity contribution is -0.174.